The number of methoxy groups -OCH3 is 1. The third-order valence-electron chi connectivity index (χ3n) is 2.37. The Hall–Kier alpha value is -1.61. The van der Waals surface area contributed by atoms with Crippen LogP contribution in [-0.2, 0) is 6.61 Å². The molecular formula is C12H13NO2. The average molecular weight is 203 g/mol. The lowest BCUT2D eigenvalue weighted by molar-refractivity contribution is 0.282. The maximum atomic E-state index is 9.05. The normalized spacial score (nSPS) is 10.6. The lowest BCUT2D eigenvalue weighted by atomic mass is 10.1. The molecule has 0 amide bonds. The van der Waals surface area contributed by atoms with Crippen LogP contribution in [0, 0.1) is 6.92 Å². The van der Waals surface area contributed by atoms with Crippen LogP contribution in [0.25, 0.3) is 10.9 Å². The topological polar surface area (TPSA) is 42.4 Å². The van der Waals surface area contributed by atoms with Gasteiger partial charge in [0.1, 0.15) is 5.75 Å². The van der Waals surface area contributed by atoms with Crippen molar-refractivity contribution in [2.45, 2.75) is 13.5 Å². The van der Waals surface area contributed by atoms with Crippen LogP contribution in [0.1, 0.15) is 11.3 Å². The second-order valence-corrected chi connectivity index (χ2v) is 3.48. The molecule has 15 heavy (non-hydrogen) atoms. The van der Waals surface area contributed by atoms with Gasteiger partial charge in [0, 0.05) is 17.1 Å². The maximum absolute atomic E-state index is 9.05. The Balaban J connectivity index is 2.73. The van der Waals surface area contributed by atoms with Crippen LogP contribution in [-0.4, -0.2) is 17.2 Å². The number of fused-ring (bicyclic) bond motifs is 1. The molecule has 0 saturated heterocycles. The van der Waals surface area contributed by atoms with Crippen LogP contribution < -0.4 is 4.74 Å². The molecule has 0 aliphatic carbocycles. The van der Waals surface area contributed by atoms with Gasteiger partial charge < -0.3 is 9.84 Å². The minimum Gasteiger partial charge on any atom is -0.496 e. The SMILES string of the molecule is COc1cc(C)nc2ccc(CO)cc12. The maximum Gasteiger partial charge on any atom is 0.130 e. The molecule has 0 unspecified atom stereocenters. The summed E-state index contributed by atoms with van der Waals surface area (Å²) in [5, 5.41) is 9.99. The number of hydrogen-bond donors (Lipinski definition) is 1. The van der Waals surface area contributed by atoms with Crippen molar-refractivity contribution in [3.63, 3.8) is 0 Å². The highest BCUT2D eigenvalue weighted by molar-refractivity contribution is 5.85. The summed E-state index contributed by atoms with van der Waals surface area (Å²) in [6.07, 6.45) is 0. The second kappa shape index (κ2) is 3.87. The van der Waals surface area contributed by atoms with Gasteiger partial charge in [0.25, 0.3) is 0 Å². The van der Waals surface area contributed by atoms with Gasteiger partial charge in [0.05, 0.1) is 19.2 Å². The summed E-state index contributed by atoms with van der Waals surface area (Å²) in [7, 11) is 1.64. The fraction of sp³-hybridized carbons (Fsp3) is 0.250. The van der Waals surface area contributed by atoms with E-state index < -0.39 is 0 Å². The zero-order valence-corrected chi connectivity index (χ0v) is 8.82. The molecule has 1 N–H and O–H groups in total. The van der Waals surface area contributed by atoms with Gasteiger partial charge in [-0.3, -0.25) is 4.98 Å². The first kappa shape index (κ1) is 9.93. The Morgan fingerprint density at radius 1 is 1.33 bits per heavy atom. The van der Waals surface area contributed by atoms with Crippen molar-refractivity contribution < 1.29 is 9.84 Å². The zero-order valence-electron chi connectivity index (χ0n) is 8.82. The number of aliphatic hydroxyl groups is 1. The first-order chi connectivity index (χ1) is 7.24. The number of rotatable bonds is 2. The Kier molecular flexibility index (Phi) is 2.56. The van der Waals surface area contributed by atoms with Gasteiger partial charge in [-0.15, -0.1) is 0 Å². The fourth-order valence-electron chi connectivity index (χ4n) is 1.64. The number of ether oxygens (including phenoxy) is 1. The van der Waals surface area contributed by atoms with E-state index in [1.165, 1.54) is 0 Å². The number of aromatic nitrogens is 1. The Morgan fingerprint density at radius 3 is 2.80 bits per heavy atom. The average Bonchev–Trinajstić information content (AvgIpc) is 2.27. The lowest BCUT2D eigenvalue weighted by Gasteiger charge is -2.07. The molecule has 1 aromatic carbocycles. The minimum atomic E-state index is 0.0347. The van der Waals surface area contributed by atoms with Crippen molar-refractivity contribution >= 4 is 10.9 Å². The van der Waals surface area contributed by atoms with Crippen molar-refractivity contribution in [3.8, 4) is 5.75 Å². The molecular weight excluding hydrogens is 190 g/mol. The molecule has 78 valence electrons. The first-order valence-corrected chi connectivity index (χ1v) is 4.79. The molecule has 2 aromatic rings. The Morgan fingerprint density at radius 2 is 2.13 bits per heavy atom. The largest absolute Gasteiger partial charge is 0.496 e. The molecule has 1 aromatic heterocycles. The highest BCUT2D eigenvalue weighted by Gasteiger charge is 2.04. The Bertz CT molecular complexity index is 494. The summed E-state index contributed by atoms with van der Waals surface area (Å²) >= 11 is 0. The molecule has 1 heterocycles. The third-order valence-corrected chi connectivity index (χ3v) is 2.37. The number of aliphatic hydroxyl groups excluding tert-OH is 1. The van der Waals surface area contributed by atoms with E-state index >= 15 is 0 Å². The number of aryl methyl sites for hydroxylation is 1. The molecule has 0 saturated carbocycles. The van der Waals surface area contributed by atoms with Gasteiger partial charge in [0.2, 0.25) is 0 Å². The van der Waals surface area contributed by atoms with Gasteiger partial charge in [-0.05, 0) is 24.6 Å². The van der Waals surface area contributed by atoms with E-state index in [-0.39, 0.29) is 6.61 Å². The summed E-state index contributed by atoms with van der Waals surface area (Å²) in [5.41, 5.74) is 2.69. The van der Waals surface area contributed by atoms with Gasteiger partial charge in [0.15, 0.2) is 0 Å². The fourth-order valence-corrected chi connectivity index (χ4v) is 1.64. The van der Waals surface area contributed by atoms with Crippen molar-refractivity contribution in [1.82, 2.24) is 4.98 Å². The number of nitrogens with zero attached hydrogens (tertiary/aromatic N) is 1. The van der Waals surface area contributed by atoms with E-state index in [1.54, 1.807) is 7.11 Å². The highest BCUT2D eigenvalue weighted by Crippen LogP contribution is 2.26. The molecule has 0 bridgehead atoms. The molecule has 0 fully saturated rings. The zero-order chi connectivity index (χ0) is 10.8. The number of pyridine rings is 1. The van der Waals surface area contributed by atoms with Gasteiger partial charge in [-0.1, -0.05) is 6.07 Å². The Labute approximate surface area is 88.3 Å². The predicted octanol–water partition coefficient (Wildman–Crippen LogP) is 2.04. The minimum absolute atomic E-state index is 0.0347. The van der Waals surface area contributed by atoms with E-state index in [2.05, 4.69) is 4.98 Å². The number of benzene rings is 1. The standard InChI is InChI=1S/C12H13NO2/c1-8-5-12(15-2)10-6-9(7-14)3-4-11(10)13-8/h3-6,14H,7H2,1-2H3. The van der Waals surface area contributed by atoms with Crippen molar-refractivity contribution in [3.05, 3.63) is 35.5 Å². The molecule has 3 heteroatoms. The van der Waals surface area contributed by atoms with E-state index in [0.29, 0.717) is 0 Å². The van der Waals surface area contributed by atoms with Gasteiger partial charge in [-0.25, -0.2) is 0 Å². The molecule has 2 rings (SSSR count). The quantitative estimate of drug-likeness (QED) is 0.812. The first-order valence-electron chi connectivity index (χ1n) is 4.79. The summed E-state index contributed by atoms with van der Waals surface area (Å²) < 4.78 is 5.29. The molecule has 0 radical (unpaired) electrons. The van der Waals surface area contributed by atoms with Crippen LogP contribution in [0.5, 0.6) is 5.75 Å². The van der Waals surface area contributed by atoms with Crippen LogP contribution in [0.15, 0.2) is 24.3 Å². The number of hydrogen-bond acceptors (Lipinski definition) is 3. The molecule has 0 aliphatic heterocycles. The van der Waals surface area contributed by atoms with Crippen LogP contribution in [0.4, 0.5) is 0 Å². The van der Waals surface area contributed by atoms with Crippen LogP contribution in [0.3, 0.4) is 0 Å². The summed E-state index contributed by atoms with van der Waals surface area (Å²) in [4.78, 5) is 4.40. The predicted molar refractivity (Wildman–Crippen MR) is 59.0 cm³/mol. The second-order valence-electron chi connectivity index (χ2n) is 3.48. The summed E-state index contributed by atoms with van der Waals surface area (Å²) in [6, 6.07) is 7.56. The van der Waals surface area contributed by atoms with Crippen molar-refractivity contribution in [1.29, 1.82) is 0 Å². The molecule has 3 nitrogen and oxygen atoms in total. The van der Waals surface area contributed by atoms with E-state index in [1.807, 2.05) is 31.2 Å². The third kappa shape index (κ3) is 1.78. The van der Waals surface area contributed by atoms with Crippen LogP contribution >= 0.6 is 0 Å². The van der Waals surface area contributed by atoms with Crippen molar-refractivity contribution in [2.75, 3.05) is 7.11 Å². The van der Waals surface area contributed by atoms with Crippen molar-refractivity contribution in [2.24, 2.45) is 0 Å². The van der Waals surface area contributed by atoms with E-state index in [9.17, 15) is 0 Å². The molecule has 0 aliphatic rings. The highest BCUT2D eigenvalue weighted by atomic mass is 16.5. The lowest BCUT2D eigenvalue weighted by Crippen LogP contribution is -1.92. The summed E-state index contributed by atoms with van der Waals surface area (Å²) in [6.45, 7) is 1.97. The van der Waals surface area contributed by atoms with Gasteiger partial charge in [-0.2, -0.15) is 0 Å². The summed E-state index contributed by atoms with van der Waals surface area (Å²) in [5.74, 6) is 0.799. The van der Waals surface area contributed by atoms with Crippen LogP contribution in [0.2, 0.25) is 0 Å². The molecule has 0 spiro atoms. The van der Waals surface area contributed by atoms with E-state index in [4.69, 9.17) is 9.84 Å². The smallest absolute Gasteiger partial charge is 0.130 e. The monoisotopic (exact) mass is 203 g/mol. The molecule has 0 atom stereocenters. The van der Waals surface area contributed by atoms with Gasteiger partial charge >= 0.3 is 0 Å². The van der Waals surface area contributed by atoms with E-state index in [0.717, 1.165) is 27.9 Å².